The second-order valence-electron chi connectivity index (χ2n) is 9.41. The van der Waals surface area contributed by atoms with Crippen LogP contribution in [0.3, 0.4) is 0 Å². The van der Waals surface area contributed by atoms with E-state index in [0.29, 0.717) is 72.5 Å². The first-order valence-corrected chi connectivity index (χ1v) is 13.8. The molecular formula is C31H30N8O5. The number of fused-ring (bicyclic) bond motifs is 2. The number of hydrogen-bond donors (Lipinski definition) is 6. The van der Waals surface area contributed by atoms with Gasteiger partial charge in [0.1, 0.15) is 0 Å². The number of anilines is 2. The van der Waals surface area contributed by atoms with Crippen LogP contribution in [0.2, 0.25) is 0 Å². The Balaban J connectivity index is 1.09. The number of isocyanates is 2. The first-order chi connectivity index (χ1) is 21.5. The Kier molecular flexibility index (Phi) is 11.1. The third-order valence-corrected chi connectivity index (χ3v) is 6.48. The van der Waals surface area contributed by atoms with E-state index in [2.05, 4.69) is 41.9 Å². The maximum atomic E-state index is 12.4. The number of nitrogens with zero attached hydrogens (tertiary/aromatic N) is 2. The van der Waals surface area contributed by atoms with Crippen LogP contribution >= 0.6 is 0 Å². The van der Waals surface area contributed by atoms with Crippen LogP contribution in [0.25, 0.3) is 21.5 Å². The molecule has 0 saturated carbocycles. The summed E-state index contributed by atoms with van der Waals surface area (Å²) in [6, 6.07) is 19.9. The number of carbonyl (C=O) groups excluding carboxylic acids is 5. The van der Waals surface area contributed by atoms with E-state index in [9.17, 15) is 24.0 Å². The largest absolute Gasteiger partial charge is 0.338 e. The van der Waals surface area contributed by atoms with Crippen LogP contribution in [0.4, 0.5) is 37.1 Å². The number of amides is 6. The third kappa shape index (κ3) is 8.49. The summed E-state index contributed by atoms with van der Waals surface area (Å²) >= 11 is 0. The Morgan fingerprint density at radius 3 is 1.27 bits per heavy atom. The molecule has 0 fully saturated rings. The Hall–Kier alpha value is -6.03. The zero-order valence-electron chi connectivity index (χ0n) is 23.6. The average Bonchev–Trinajstić information content (AvgIpc) is 3.02. The molecule has 0 bridgehead atoms. The highest BCUT2D eigenvalue weighted by Gasteiger charge is 2.09. The molecule has 0 aliphatic carbocycles. The highest BCUT2D eigenvalue weighted by atomic mass is 16.2. The molecule has 6 amide bonds. The molecule has 0 unspecified atom stereocenters. The second kappa shape index (κ2) is 15.8. The maximum absolute atomic E-state index is 12.4. The van der Waals surface area contributed by atoms with Gasteiger partial charge in [0.15, 0.2) is 0 Å². The minimum absolute atomic E-state index is 0.332. The van der Waals surface area contributed by atoms with E-state index in [1.54, 1.807) is 60.7 Å². The molecule has 6 N–H and O–H groups in total. The average molecular weight is 595 g/mol. The van der Waals surface area contributed by atoms with Gasteiger partial charge in [0.25, 0.3) is 0 Å². The van der Waals surface area contributed by atoms with E-state index in [1.165, 1.54) is 12.2 Å². The van der Waals surface area contributed by atoms with Crippen LogP contribution in [-0.4, -0.2) is 56.4 Å². The van der Waals surface area contributed by atoms with Gasteiger partial charge in [-0.25, -0.2) is 24.0 Å². The van der Waals surface area contributed by atoms with Crippen LogP contribution in [0.5, 0.6) is 0 Å². The quantitative estimate of drug-likeness (QED) is 0.0769. The fourth-order valence-corrected chi connectivity index (χ4v) is 4.48. The fourth-order valence-electron chi connectivity index (χ4n) is 4.48. The number of urea groups is 3. The van der Waals surface area contributed by atoms with Gasteiger partial charge in [-0.1, -0.05) is 48.5 Å². The Labute approximate surface area is 252 Å². The van der Waals surface area contributed by atoms with Crippen molar-refractivity contribution in [3.63, 3.8) is 0 Å². The van der Waals surface area contributed by atoms with Gasteiger partial charge in [-0.2, -0.15) is 9.98 Å². The highest BCUT2D eigenvalue weighted by molar-refractivity contribution is 6.06. The summed E-state index contributed by atoms with van der Waals surface area (Å²) in [5.41, 5.74) is 2.07. The maximum Gasteiger partial charge on any atom is 0.319 e. The monoisotopic (exact) mass is 594 g/mol. The van der Waals surface area contributed by atoms with Crippen molar-refractivity contribution in [1.29, 1.82) is 0 Å². The van der Waals surface area contributed by atoms with E-state index in [1.807, 2.05) is 12.1 Å². The van der Waals surface area contributed by atoms with Crippen molar-refractivity contribution in [2.45, 2.75) is 12.8 Å². The molecule has 0 heterocycles. The third-order valence-electron chi connectivity index (χ3n) is 6.48. The molecule has 224 valence electrons. The van der Waals surface area contributed by atoms with Gasteiger partial charge < -0.3 is 31.9 Å². The fraction of sp³-hybridized carbons (Fsp3) is 0.194. The number of nitrogens with one attached hydrogen (secondary N) is 6. The molecule has 0 aliphatic rings. The molecule has 0 saturated heterocycles. The lowest BCUT2D eigenvalue weighted by atomic mass is 10.1. The van der Waals surface area contributed by atoms with Gasteiger partial charge >= 0.3 is 18.1 Å². The van der Waals surface area contributed by atoms with Gasteiger partial charge in [-0.15, -0.1) is 0 Å². The first-order valence-electron chi connectivity index (χ1n) is 13.8. The molecule has 13 nitrogen and oxygen atoms in total. The number of benzene rings is 4. The van der Waals surface area contributed by atoms with Crippen LogP contribution in [0.15, 0.2) is 82.8 Å². The molecule has 0 radical (unpaired) electrons. The van der Waals surface area contributed by atoms with Gasteiger partial charge in [-0.05, 0) is 37.1 Å². The molecule has 0 aliphatic heterocycles. The van der Waals surface area contributed by atoms with E-state index >= 15 is 0 Å². The lowest BCUT2D eigenvalue weighted by Crippen LogP contribution is -2.39. The van der Waals surface area contributed by atoms with Crippen LogP contribution in [0.1, 0.15) is 12.8 Å². The van der Waals surface area contributed by atoms with Crippen molar-refractivity contribution in [1.82, 2.24) is 21.3 Å². The molecule has 4 rings (SSSR count). The van der Waals surface area contributed by atoms with E-state index in [-0.39, 0.29) is 6.03 Å². The van der Waals surface area contributed by atoms with Gasteiger partial charge in [0.2, 0.25) is 12.2 Å². The minimum Gasteiger partial charge on any atom is -0.338 e. The van der Waals surface area contributed by atoms with Crippen LogP contribution in [-0.2, 0) is 9.59 Å². The van der Waals surface area contributed by atoms with Crippen molar-refractivity contribution in [3.8, 4) is 0 Å². The van der Waals surface area contributed by atoms with Gasteiger partial charge in [-0.3, -0.25) is 0 Å². The Bertz CT molecular complexity index is 1640. The second-order valence-corrected chi connectivity index (χ2v) is 9.41. The van der Waals surface area contributed by atoms with Crippen LogP contribution in [0, 0.1) is 0 Å². The summed E-state index contributed by atoms with van der Waals surface area (Å²) in [4.78, 5) is 65.5. The molecule has 0 spiro atoms. The lowest BCUT2D eigenvalue weighted by Gasteiger charge is -2.12. The number of aliphatic imine (C=N–C) groups is 2. The molecule has 44 heavy (non-hydrogen) atoms. The van der Waals surface area contributed by atoms with E-state index < -0.39 is 12.1 Å². The summed E-state index contributed by atoms with van der Waals surface area (Å²) in [5.74, 6) is 0. The molecule has 13 heteroatoms. The van der Waals surface area contributed by atoms with Crippen molar-refractivity contribution >= 4 is 74.5 Å². The molecule has 4 aromatic rings. The normalized spacial score (nSPS) is 10.2. The predicted octanol–water partition coefficient (Wildman–Crippen LogP) is 4.95. The highest BCUT2D eigenvalue weighted by Crippen LogP contribution is 2.31. The predicted molar refractivity (Wildman–Crippen MR) is 168 cm³/mol. The van der Waals surface area contributed by atoms with Gasteiger partial charge in [0.05, 0.1) is 22.7 Å². The standard InChI is InChI=1S/C31H30N8O5/c40-19-36-25-11-1-9-23-21(25)7-3-13-27(23)38-30(43)34-17-5-15-32-29(42)33-16-6-18-35-31(44)39-28-14-4-8-22-24(28)10-2-12-26(22)37-20-41/h1-4,7-14H,5-6,15-18H2,(H2,32,33,42)(H2,34,38,43)(H2,35,39,44). The van der Waals surface area contributed by atoms with Crippen LogP contribution < -0.4 is 31.9 Å². The Morgan fingerprint density at radius 2 is 0.864 bits per heavy atom. The minimum atomic E-state index is -0.403. The van der Waals surface area contributed by atoms with Crippen molar-refractivity contribution in [3.05, 3.63) is 72.8 Å². The summed E-state index contributed by atoms with van der Waals surface area (Å²) in [5, 5.41) is 19.4. The van der Waals surface area contributed by atoms with Crippen molar-refractivity contribution in [2.24, 2.45) is 9.98 Å². The summed E-state index contributed by atoms with van der Waals surface area (Å²) in [7, 11) is 0. The molecule has 4 aromatic carbocycles. The first kappa shape index (κ1) is 30.9. The molecular weight excluding hydrogens is 564 g/mol. The molecule has 0 aromatic heterocycles. The van der Waals surface area contributed by atoms with Crippen molar-refractivity contribution < 1.29 is 24.0 Å². The van der Waals surface area contributed by atoms with E-state index in [4.69, 9.17) is 0 Å². The lowest BCUT2D eigenvalue weighted by molar-refractivity contribution is 0.240. The zero-order valence-corrected chi connectivity index (χ0v) is 23.6. The van der Waals surface area contributed by atoms with Gasteiger partial charge in [0, 0.05) is 47.7 Å². The van der Waals surface area contributed by atoms with E-state index in [0.717, 1.165) is 10.8 Å². The SMILES string of the molecule is O=C=Nc1cccc2c(NC(=O)NCCCNC(=O)NCCCNC(=O)Nc3cccc4c(N=C=O)cccc34)cccc12. The zero-order chi connectivity index (χ0) is 31.1. The molecule has 0 atom stereocenters. The summed E-state index contributed by atoms with van der Waals surface area (Å²) in [6.07, 6.45) is 4.08. The number of carbonyl (C=O) groups is 3. The Morgan fingerprint density at radius 1 is 0.500 bits per heavy atom. The number of hydrogen-bond acceptors (Lipinski definition) is 7. The topological polar surface area (TPSA) is 182 Å². The summed E-state index contributed by atoms with van der Waals surface area (Å²) < 4.78 is 0. The summed E-state index contributed by atoms with van der Waals surface area (Å²) in [6.45, 7) is 1.36. The number of rotatable bonds is 12. The van der Waals surface area contributed by atoms with Crippen molar-refractivity contribution in [2.75, 3.05) is 36.8 Å². The smallest absolute Gasteiger partial charge is 0.319 e.